The van der Waals surface area contributed by atoms with Crippen molar-refractivity contribution in [2.24, 2.45) is 5.92 Å². The Kier molecular flexibility index (Phi) is 5.26. The van der Waals surface area contributed by atoms with Crippen LogP contribution in [0.15, 0.2) is 18.2 Å². The van der Waals surface area contributed by atoms with Gasteiger partial charge < -0.3 is 14.8 Å². The Labute approximate surface area is 122 Å². The Hall–Kier alpha value is -1.26. The van der Waals surface area contributed by atoms with Crippen molar-refractivity contribution in [1.82, 2.24) is 10.2 Å². The van der Waals surface area contributed by atoms with E-state index in [1.54, 1.807) is 14.2 Å². The number of ether oxygens (including phenoxy) is 2. The van der Waals surface area contributed by atoms with Gasteiger partial charge in [0, 0.05) is 32.2 Å². The van der Waals surface area contributed by atoms with E-state index in [4.69, 9.17) is 9.47 Å². The van der Waals surface area contributed by atoms with Crippen molar-refractivity contribution in [3.05, 3.63) is 23.8 Å². The molecule has 0 saturated carbocycles. The number of piperazine rings is 1. The molecule has 1 aliphatic rings. The van der Waals surface area contributed by atoms with Crippen LogP contribution in [0.25, 0.3) is 0 Å². The number of hydrogen-bond acceptors (Lipinski definition) is 4. The molecule has 0 spiro atoms. The van der Waals surface area contributed by atoms with Gasteiger partial charge in [-0.15, -0.1) is 0 Å². The fraction of sp³-hybridized carbons (Fsp3) is 0.625. The van der Waals surface area contributed by atoms with E-state index in [9.17, 15) is 0 Å². The van der Waals surface area contributed by atoms with Gasteiger partial charge in [0.15, 0.2) is 11.5 Å². The van der Waals surface area contributed by atoms with Crippen molar-refractivity contribution in [2.45, 2.75) is 26.4 Å². The summed E-state index contributed by atoms with van der Waals surface area (Å²) in [5.74, 6) is 2.25. The Bertz CT molecular complexity index is 434. The van der Waals surface area contributed by atoms with Crippen molar-refractivity contribution in [3.63, 3.8) is 0 Å². The number of methoxy groups -OCH3 is 2. The van der Waals surface area contributed by atoms with Gasteiger partial charge in [-0.1, -0.05) is 19.9 Å². The molecule has 4 heteroatoms. The van der Waals surface area contributed by atoms with Crippen molar-refractivity contribution < 1.29 is 9.47 Å². The van der Waals surface area contributed by atoms with E-state index in [0.29, 0.717) is 12.0 Å². The van der Waals surface area contributed by atoms with E-state index in [1.165, 1.54) is 5.56 Å². The second-order valence-corrected chi connectivity index (χ2v) is 5.68. The predicted molar refractivity (Wildman–Crippen MR) is 81.5 cm³/mol. The average Bonchev–Trinajstić information content (AvgIpc) is 2.47. The average molecular weight is 278 g/mol. The Morgan fingerprint density at radius 3 is 2.65 bits per heavy atom. The van der Waals surface area contributed by atoms with Crippen molar-refractivity contribution in [3.8, 4) is 11.5 Å². The van der Waals surface area contributed by atoms with Crippen molar-refractivity contribution in [1.29, 1.82) is 0 Å². The standard InChI is InChI=1S/C16H26N2O2/c1-12(2)14-10-17-7-8-18(14)11-13-5-6-15(19-3)16(9-13)20-4/h5-6,9,12,14,17H,7-8,10-11H2,1-4H3. The molecule has 0 radical (unpaired) electrons. The summed E-state index contributed by atoms with van der Waals surface area (Å²) in [5, 5.41) is 3.49. The quantitative estimate of drug-likeness (QED) is 0.894. The van der Waals surface area contributed by atoms with Crippen LogP contribution in [0.3, 0.4) is 0 Å². The third kappa shape index (κ3) is 3.44. The van der Waals surface area contributed by atoms with E-state index in [0.717, 1.165) is 37.7 Å². The van der Waals surface area contributed by atoms with E-state index in [-0.39, 0.29) is 0 Å². The third-order valence-corrected chi connectivity index (χ3v) is 4.00. The molecule has 1 atom stereocenters. The molecule has 4 nitrogen and oxygen atoms in total. The lowest BCUT2D eigenvalue weighted by atomic mass is 9.99. The Morgan fingerprint density at radius 2 is 2.00 bits per heavy atom. The minimum Gasteiger partial charge on any atom is -0.493 e. The zero-order valence-electron chi connectivity index (χ0n) is 13.0. The largest absolute Gasteiger partial charge is 0.493 e. The van der Waals surface area contributed by atoms with Gasteiger partial charge in [0.2, 0.25) is 0 Å². The molecule has 0 bridgehead atoms. The molecule has 1 heterocycles. The maximum absolute atomic E-state index is 5.38. The van der Waals surface area contributed by atoms with Crippen LogP contribution in [0, 0.1) is 5.92 Å². The highest BCUT2D eigenvalue weighted by atomic mass is 16.5. The van der Waals surface area contributed by atoms with Crippen LogP contribution in [0.5, 0.6) is 11.5 Å². The van der Waals surface area contributed by atoms with Gasteiger partial charge >= 0.3 is 0 Å². The van der Waals surface area contributed by atoms with Crippen molar-refractivity contribution in [2.75, 3.05) is 33.9 Å². The highest BCUT2D eigenvalue weighted by Gasteiger charge is 2.24. The van der Waals surface area contributed by atoms with Crippen LogP contribution in [0.4, 0.5) is 0 Å². The summed E-state index contributed by atoms with van der Waals surface area (Å²) in [4.78, 5) is 2.56. The van der Waals surface area contributed by atoms with Gasteiger partial charge in [-0.3, -0.25) is 4.90 Å². The van der Waals surface area contributed by atoms with Crippen LogP contribution < -0.4 is 14.8 Å². The summed E-state index contributed by atoms with van der Waals surface area (Å²) < 4.78 is 10.7. The normalized spacial score (nSPS) is 20.1. The molecule has 1 aromatic carbocycles. The lowest BCUT2D eigenvalue weighted by molar-refractivity contribution is 0.117. The van der Waals surface area contributed by atoms with Gasteiger partial charge in [0.25, 0.3) is 0 Å². The lowest BCUT2D eigenvalue weighted by Crippen LogP contribution is -2.52. The molecular formula is C16H26N2O2. The summed E-state index contributed by atoms with van der Waals surface area (Å²) in [6.07, 6.45) is 0. The first kappa shape index (κ1) is 15.1. The van der Waals surface area contributed by atoms with Gasteiger partial charge in [-0.2, -0.15) is 0 Å². The van der Waals surface area contributed by atoms with Crippen LogP contribution in [0.1, 0.15) is 19.4 Å². The highest BCUT2D eigenvalue weighted by Crippen LogP contribution is 2.28. The summed E-state index contributed by atoms with van der Waals surface area (Å²) in [6, 6.07) is 6.79. The number of benzene rings is 1. The van der Waals surface area contributed by atoms with E-state index >= 15 is 0 Å². The zero-order valence-corrected chi connectivity index (χ0v) is 13.0. The van der Waals surface area contributed by atoms with Crippen LogP contribution in [-0.2, 0) is 6.54 Å². The first-order valence-electron chi connectivity index (χ1n) is 7.31. The number of hydrogen-bond donors (Lipinski definition) is 1. The Morgan fingerprint density at radius 1 is 1.25 bits per heavy atom. The number of nitrogens with one attached hydrogen (secondary N) is 1. The Balaban J connectivity index is 2.11. The second-order valence-electron chi connectivity index (χ2n) is 5.68. The molecule has 1 aliphatic heterocycles. The molecule has 20 heavy (non-hydrogen) atoms. The maximum atomic E-state index is 5.38. The number of rotatable bonds is 5. The van der Waals surface area contributed by atoms with Gasteiger partial charge in [-0.25, -0.2) is 0 Å². The molecule has 2 rings (SSSR count). The summed E-state index contributed by atoms with van der Waals surface area (Å²) >= 11 is 0. The fourth-order valence-electron chi connectivity index (χ4n) is 2.83. The van der Waals surface area contributed by atoms with Gasteiger partial charge in [0.1, 0.15) is 0 Å². The minimum absolute atomic E-state index is 0.594. The molecule has 112 valence electrons. The molecule has 1 aromatic rings. The van der Waals surface area contributed by atoms with Crippen LogP contribution in [-0.4, -0.2) is 44.8 Å². The SMILES string of the molecule is COc1ccc(CN2CCNCC2C(C)C)cc1OC. The summed E-state index contributed by atoms with van der Waals surface area (Å²) in [7, 11) is 3.35. The molecule has 1 unspecified atom stereocenters. The minimum atomic E-state index is 0.594. The lowest BCUT2D eigenvalue weighted by Gasteiger charge is -2.38. The molecule has 1 N–H and O–H groups in total. The van der Waals surface area contributed by atoms with E-state index < -0.39 is 0 Å². The van der Waals surface area contributed by atoms with E-state index in [2.05, 4.69) is 36.2 Å². The highest BCUT2D eigenvalue weighted by molar-refractivity contribution is 5.42. The van der Waals surface area contributed by atoms with Gasteiger partial charge in [0.05, 0.1) is 14.2 Å². The third-order valence-electron chi connectivity index (χ3n) is 4.00. The first-order chi connectivity index (χ1) is 9.65. The predicted octanol–water partition coefficient (Wildman–Crippen LogP) is 2.13. The molecule has 0 aromatic heterocycles. The van der Waals surface area contributed by atoms with Gasteiger partial charge in [-0.05, 0) is 23.6 Å². The monoisotopic (exact) mass is 278 g/mol. The zero-order chi connectivity index (χ0) is 14.5. The molecule has 1 fully saturated rings. The molecular weight excluding hydrogens is 252 g/mol. The number of nitrogens with zero attached hydrogens (tertiary/aromatic N) is 1. The van der Waals surface area contributed by atoms with Crippen LogP contribution >= 0.6 is 0 Å². The van der Waals surface area contributed by atoms with Crippen molar-refractivity contribution >= 4 is 0 Å². The topological polar surface area (TPSA) is 33.7 Å². The summed E-state index contributed by atoms with van der Waals surface area (Å²) in [6.45, 7) is 8.78. The maximum Gasteiger partial charge on any atom is 0.161 e. The first-order valence-corrected chi connectivity index (χ1v) is 7.31. The molecule has 0 amide bonds. The molecule has 1 saturated heterocycles. The second kappa shape index (κ2) is 6.95. The smallest absolute Gasteiger partial charge is 0.161 e. The van der Waals surface area contributed by atoms with Crippen LogP contribution in [0.2, 0.25) is 0 Å². The molecule has 0 aliphatic carbocycles. The fourth-order valence-corrected chi connectivity index (χ4v) is 2.83. The summed E-state index contributed by atoms with van der Waals surface area (Å²) in [5.41, 5.74) is 1.27. The van der Waals surface area contributed by atoms with E-state index in [1.807, 2.05) is 6.07 Å².